The molecule has 3 heterocycles. The van der Waals surface area contributed by atoms with Crippen molar-refractivity contribution in [3.63, 3.8) is 0 Å². The summed E-state index contributed by atoms with van der Waals surface area (Å²) in [4.78, 5) is 4.34. The molecule has 5 nitrogen and oxygen atoms in total. The largest absolute Gasteiger partial charge is 0.488 e. The Kier molecular flexibility index (Phi) is 3.06. The average molecular weight is 315 g/mol. The van der Waals surface area contributed by atoms with Crippen molar-refractivity contribution in [1.82, 2.24) is 14.6 Å². The summed E-state index contributed by atoms with van der Waals surface area (Å²) in [5.74, 6) is 1.61. The van der Waals surface area contributed by atoms with Crippen molar-refractivity contribution in [1.29, 1.82) is 0 Å². The molecule has 112 valence electrons. The third kappa shape index (κ3) is 2.14. The summed E-state index contributed by atoms with van der Waals surface area (Å²) < 4.78 is 7.76. The first-order valence-corrected chi connectivity index (χ1v) is 7.54. The van der Waals surface area contributed by atoms with Gasteiger partial charge in [-0.15, -0.1) is 0 Å². The van der Waals surface area contributed by atoms with E-state index in [0.717, 1.165) is 40.3 Å². The highest BCUT2D eigenvalue weighted by Crippen LogP contribution is 2.40. The Labute approximate surface area is 132 Å². The van der Waals surface area contributed by atoms with Gasteiger partial charge in [-0.2, -0.15) is 5.10 Å². The van der Waals surface area contributed by atoms with Crippen molar-refractivity contribution in [3.05, 3.63) is 46.9 Å². The van der Waals surface area contributed by atoms with Gasteiger partial charge in [0.1, 0.15) is 17.7 Å². The Hall–Kier alpha value is -2.11. The van der Waals surface area contributed by atoms with Crippen LogP contribution in [0.25, 0.3) is 16.8 Å². The van der Waals surface area contributed by atoms with Crippen LogP contribution in [0.5, 0.6) is 5.75 Å². The zero-order valence-corrected chi connectivity index (χ0v) is 12.8. The van der Waals surface area contributed by atoms with Gasteiger partial charge < -0.3 is 10.5 Å². The van der Waals surface area contributed by atoms with Crippen LogP contribution in [0, 0.1) is 6.92 Å². The third-order valence-corrected chi connectivity index (χ3v) is 4.09. The van der Waals surface area contributed by atoms with Gasteiger partial charge in [-0.3, -0.25) is 0 Å². The number of ether oxygens (including phenoxy) is 1. The van der Waals surface area contributed by atoms with Gasteiger partial charge in [0.25, 0.3) is 0 Å². The SMILES string of the molecule is Cc1nc2ccc(-c3cc(Cl)cc4c3OC(CN)C4)cn2n1. The average Bonchev–Trinajstić information content (AvgIpc) is 3.07. The summed E-state index contributed by atoms with van der Waals surface area (Å²) in [5.41, 5.74) is 9.62. The molecule has 2 aromatic heterocycles. The highest BCUT2D eigenvalue weighted by molar-refractivity contribution is 6.31. The van der Waals surface area contributed by atoms with Gasteiger partial charge in [0.2, 0.25) is 0 Å². The molecule has 0 aliphatic carbocycles. The number of hydrogen-bond donors (Lipinski definition) is 1. The summed E-state index contributed by atoms with van der Waals surface area (Å²) in [5, 5.41) is 5.06. The van der Waals surface area contributed by atoms with E-state index in [1.807, 2.05) is 37.4 Å². The van der Waals surface area contributed by atoms with Crippen molar-refractivity contribution in [2.75, 3.05) is 6.54 Å². The fourth-order valence-electron chi connectivity index (χ4n) is 2.89. The van der Waals surface area contributed by atoms with E-state index in [-0.39, 0.29) is 6.10 Å². The van der Waals surface area contributed by atoms with Crippen LogP contribution in [0.1, 0.15) is 11.4 Å². The predicted molar refractivity (Wildman–Crippen MR) is 85.3 cm³/mol. The minimum Gasteiger partial charge on any atom is -0.488 e. The lowest BCUT2D eigenvalue weighted by molar-refractivity contribution is 0.242. The van der Waals surface area contributed by atoms with Gasteiger partial charge in [0, 0.05) is 35.3 Å². The first kappa shape index (κ1) is 13.5. The number of nitrogens with two attached hydrogens (primary N) is 1. The van der Waals surface area contributed by atoms with Crippen LogP contribution in [0.2, 0.25) is 5.02 Å². The fraction of sp³-hybridized carbons (Fsp3) is 0.250. The number of hydrogen-bond acceptors (Lipinski definition) is 4. The summed E-state index contributed by atoms with van der Waals surface area (Å²) in [7, 11) is 0. The molecule has 4 rings (SSSR count). The van der Waals surface area contributed by atoms with E-state index in [2.05, 4.69) is 10.1 Å². The van der Waals surface area contributed by atoms with Gasteiger partial charge in [0.05, 0.1) is 0 Å². The number of nitrogens with zero attached hydrogens (tertiary/aromatic N) is 3. The number of aryl methyl sites for hydroxylation is 1. The standard InChI is InChI=1S/C16H15ClN4O/c1-9-19-15-3-2-10(8-21(15)20-9)14-6-12(17)4-11-5-13(7-18)22-16(11)14/h2-4,6,8,13H,5,7,18H2,1H3. The van der Waals surface area contributed by atoms with Crippen LogP contribution < -0.4 is 10.5 Å². The lowest BCUT2D eigenvalue weighted by Crippen LogP contribution is -2.24. The maximum atomic E-state index is 6.27. The molecule has 0 amide bonds. The number of fused-ring (bicyclic) bond motifs is 2. The van der Waals surface area contributed by atoms with Gasteiger partial charge >= 0.3 is 0 Å². The quantitative estimate of drug-likeness (QED) is 0.789. The van der Waals surface area contributed by atoms with Crippen molar-refractivity contribution >= 4 is 17.2 Å². The van der Waals surface area contributed by atoms with Crippen LogP contribution in [0.3, 0.4) is 0 Å². The molecule has 3 aromatic rings. The molecule has 1 aliphatic heterocycles. The first-order valence-electron chi connectivity index (χ1n) is 7.16. The van der Waals surface area contributed by atoms with Crippen molar-refractivity contribution in [3.8, 4) is 16.9 Å². The zero-order chi connectivity index (χ0) is 15.3. The smallest absolute Gasteiger partial charge is 0.155 e. The van der Waals surface area contributed by atoms with Crippen LogP contribution >= 0.6 is 11.6 Å². The minimum atomic E-state index is 0.0181. The van der Waals surface area contributed by atoms with E-state index >= 15 is 0 Å². The van der Waals surface area contributed by atoms with E-state index in [4.69, 9.17) is 22.1 Å². The maximum Gasteiger partial charge on any atom is 0.155 e. The second kappa shape index (κ2) is 4.97. The molecular weight excluding hydrogens is 300 g/mol. The van der Waals surface area contributed by atoms with Crippen molar-refractivity contribution < 1.29 is 4.74 Å². The van der Waals surface area contributed by atoms with E-state index < -0.39 is 0 Å². The van der Waals surface area contributed by atoms with E-state index in [0.29, 0.717) is 11.6 Å². The van der Waals surface area contributed by atoms with Gasteiger partial charge in [0.15, 0.2) is 5.65 Å². The highest BCUT2D eigenvalue weighted by Gasteiger charge is 2.25. The number of rotatable bonds is 2. The van der Waals surface area contributed by atoms with Gasteiger partial charge in [-0.05, 0) is 36.8 Å². The number of aromatic nitrogens is 3. The maximum absolute atomic E-state index is 6.27. The fourth-order valence-corrected chi connectivity index (χ4v) is 3.13. The molecule has 0 spiro atoms. The zero-order valence-electron chi connectivity index (χ0n) is 12.1. The molecule has 0 saturated heterocycles. The Morgan fingerprint density at radius 1 is 1.41 bits per heavy atom. The van der Waals surface area contributed by atoms with Crippen molar-refractivity contribution in [2.45, 2.75) is 19.4 Å². The Morgan fingerprint density at radius 3 is 3.09 bits per heavy atom. The second-order valence-corrected chi connectivity index (χ2v) is 5.94. The van der Waals surface area contributed by atoms with Crippen LogP contribution in [0.15, 0.2) is 30.5 Å². The molecule has 0 saturated carbocycles. The molecule has 1 atom stereocenters. The number of pyridine rings is 1. The highest BCUT2D eigenvalue weighted by atomic mass is 35.5. The Balaban J connectivity index is 1.88. The molecule has 0 bridgehead atoms. The number of benzene rings is 1. The third-order valence-electron chi connectivity index (χ3n) is 3.87. The summed E-state index contributed by atoms with van der Waals surface area (Å²) in [6.45, 7) is 2.37. The summed E-state index contributed by atoms with van der Waals surface area (Å²) >= 11 is 6.27. The molecule has 1 aliphatic rings. The van der Waals surface area contributed by atoms with Crippen LogP contribution in [-0.4, -0.2) is 27.2 Å². The van der Waals surface area contributed by atoms with Crippen molar-refractivity contribution in [2.24, 2.45) is 5.73 Å². The van der Waals surface area contributed by atoms with Gasteiger partial charge in [-0.25, -0.2) is 9.50 Å². The van der Waals surface area contributed by atoms with Crippen LogP contribution in [0.4, 0.5) is 0 Å². The lowest BCUT2D eigenvalue weighted by atomic mass is 10.0. The topological polar surface area (TPSA) is 65.4 Å². The molecule has 1 unspecified atom stereocenters. The molecule has 0 fully saturated rings. The van der Waals surface area contributed by atoms with Crippen LogP contribution in [-0.2, 0) is 6.42 Å². The molecule has 6 heteroatoms. The monoisotopic (exact) mass is 314 g/mol. The molecule has 1 aromatic carbocycles. The van der Waals surface area contributed by atoms with E-state index in [1.54, 1.807) is 4.52 Å². The molecule has 22 heavy (non-hydrogen) atoms. The van der Waals surface area contributed by atoms with E-state index in [9.17, 15) is 0 Å². The predicted octanol–water partition coefficient (Wildman–Crippen LogP) is 2.62. The number of halogens is 1. The van der Waals surface area contributed by atoms with E-state index in [1.165, 1.54) is 0 Å². The first-order chi connectivity index (χ1) is 10.6. The molecule has 0 radical (unpaired) electrons. The summed E-state index contributed by atoms with van der Waals surface area (Å²) in [6, 6.07) is 7.82. The minimum absolute atomic E-state index is 0.0181. The summed E-state index contributed by atoms with van der Waals surface area (Å²) in [6.07, 6.45) is 2.76. The molecule has 2 N–H and O–H groups in total. The Morgan fingerprint density at radius 2 is 2.27 bits per heavy atom. The Bertz CT molecular complexity index is 874. The second-order valence-electron chi connectivity index (χ2n) is 5.50. The lowest BCUT2D eigenvalue weighted by Gasteiger charge is -2.11. The molecular formula is C16H15ClN4O. The van der Waals surface area contributed by atoms with Gasteiger partial charge in [-0.1, -0.05) is 11.6 Å². The normalized spacial score (nSPS) is 16.8.